The fraction of sp³-hybridized carbons (Fsp3) is 0.667. The second-order valence-electron chi connectivity index (χ2n) is 5.98. The molecule has 1 aliphatic heterocycles. The summed E-state index contributed by atoms with van der Waals surface area (Å²) in [7, 11) is 0. The molecule has 0 radical (unpaired) electrons. The van der Waals surface area contributed by atoms with Crippen LogP contribution in [-0.2, 0) is 9.47 Å². The highest BCUT2D eigenvalue weighted by Gasteiger charge is 2.16. The van der Waals surface area contributed by atoms with E-state index in [-0.39, 0.29) is 6.04 Å². The highest BCUT2D eigenvalue weighted by atomic mass is 16.5. The lowest BCUT2D eigenvalue weighted by atomic mass is 10.0. The summed E-state index contributed by atoms with van der Waals surface area (Å²) in [5.74, 6) is 0. The molecule has 0 aromatic heterocycles. The summed E-state index contributed by atoms with van der Waals surface area (Å²) < 4.78 is 11.6. The van der Waals surface area contributed by atoms with E-state index in [0.717, 1.165) is 19.6 Å². The first-order chi connectivity index (χ1) is 10.2. The Kier molecular flexibility index (Phi) is 6.68. The lowest BCUT2D eigenvalue weighted by Crippen LogP contribution is -2.29. The van der Waals surface area contributed by atoms with Crippen molar-refractivity contribution in [2.45, 2.75) is 52.2 Å². The monoisotopic (exact) mass is 291 g/mol. The van der Waals surface area contributed by atoms with Crippen molar-refractivity contribution in [3.63, 3.8) is 0 Å². The van der Waals surface area contributed by atoms with Gasteiger partial charge in [0.2, 0.25) is 0 Å². The Morgan fingerprint density at radius 3 is 2.81 bits per heavy atom. The van der Waals surface area contributed by atoms with Crippen LogP contribution in [0.4, 0.5) is 0 Å². The number of benzene rings is 1. The second kappa shape index (κ2) is 8.52. The van der Waals surface area contributed by atoms with Gasteiger partial charge in [-0.15, -0.1) is 0 Å². The van der Waals surface area contributed by atoms with Gasteiger partial charge >= 0.3 is 0 Å². The van der Waals surface area contributed by atoms with E-state index in [1.807, 2.05) is 0 Å². The molecule has 118 valence electrons. The van der Waals surface area contributed by atoms with Gasteiger partial charge in [0.25, 0.3) is 0 Å². The summed E-state index contributed by atoms with van der Waals surface area (Å²) in [6.07, 6.45) is 3.89. The Morgan fingerprint density at radius 2 is 2.14 bits per heavy atom. The van der Waals surface area contributed by atoms with E-state index in [9.17, 15) is 0 Å². The van der Waals surface area contributed by atoms with Crippen molar-refractivity contribution in [3.05, 3.63) is 34.9 Å². The van der Waals surface area contributed by atoms with Gasteiger partial charge in [-0.2, -0.15) is 0 Å². The molecule has 1 aliphatic rings. The average molecular weight is 291 g/mol. The first-order valence-electron chi connectivity index (χ1n) is 8.20. The van der Waals surface area contributed by atoms with Crippen LogP contribution in [0.5, 0.6) is 0 Å². The maximum absolute atomic E-state index is 5.92. The first-order valence-corrected chi connectivity index (χ1v) is 8.20. The van der Waals surface area contributed by atoms with E-state index in [1.165, 1.54) is 29.5 Å². The molecule has 1 fully saturated rings. The molecule has 3 heteroatoms. The Morgan fingerprint density at radius 1 is 1.29 bits per heavy atom. The maximum atomic E-state index is 5.92. The molecular weight excluding hydrogens is 262 g/mol. The van der Waals surface area contributed by atoms with Gasteiger partial charge in [0.15, 0.2) is 0 Å². The molecule has 1 heterocycles. The van der Waals surface area contributed by atoms with Crippen molar-refractivity contribution in [1.29, 1.82) is 0 Å². The van der Waals surface area contributed by atoms with Crippen molar-refractivity contribution in [1.82, 2.24) is 5.32 Å². The normalized spacial score (nSPS) is 20.4. The molecule has 0 spiro atoms. The van der Waals surface area contributed by atoms with E-state index in [2.05, 4.69) is 44.3 Å². The molecule has 0 bridgehead atoms. The summed E-state index contributed by atoms with van der Waals surface area (Å²) >= 11 is 0. The van der Waals surface area contributed by atoms with Crippen LogP contribution < -0.4 is 5.32 Å². The van der Waals surface area contributed by atoms with Crippen LogP contribution in [0.25, 0.3) is 0 Å². The van der Waals surface area contributed by atoms with Gasteiger partial charge in [-0.1, -0.05) is 25.1 Å². The average Bonchev–Trinajstić information content (AvgIpc) is 2.50. The number of hydrogen-bond acceptors (Lipinski definition) is 3. The molecule has 0 amide bonds. The van der Waals surface area contributed by atoms with E-state index < -0.39 is 0 Å². The molecule has 1 N–H and O–H groups in total. The summed E-state index contributed by atoms with van der Waals surface area (Å²) in [4.78, 5) is 0. The zero-order chi connectivity index (χ0) is 15.1. The van der Waals surface area contributed by atoms with Crippen LogP contribution in [-0.4, -0.2) is 32.5 Å². The van der Waals surface area contributed by atoms with Gasteiger partial charge < -0.3 is 14.8 Å². The van der Waals surface area contributed by atoms with Gasteiger partial charge in [0.05, 0.1) is 25.4 Å². The molecular formula is C18H29NO2. The van der Waals surface area contributed by atoms with Gasteiger partial charge in [-0.25, -0.2) is 0 Å². The minimum Gasteiger partial charge on any atom is -0.377 e. The Hall–Kier alpha value is -0.900. The van der Waals surface area contributed by atoms with Crippen LogP contribution in [0.15, 0.2) is 18.2 Å². The lowest BCUT2D eigenvalue weighted by molar-refractivity contribution is -0.0442. The third kappa shape index (κ3) is 5.10. The smallest absolute Gasteiger partial charge is 0.0808 e. The van der Waals surface area contributed by atoms with Gasteiger partial charge in [-0.05, 0) is 56.3 Å². The van der Waals surface area contributed by atoms with Crippen LogP contribution in [0.2, 0.25) is 0 Å². The molecule has 1 saturated heterocycles. The molecule has 0 saturated carbocycles. The Balaban J connectivity index is 1.87. The van der Waals surface area contributed by atoms with Crippen LogP contribution >= 0.6 is 0 Å². The van der Waals surface area contributed by atoms with Gasteiger partial charge in [-0.3, -0.25) is 0 Å². The van der Waals surface area contributed by atoms with Crippen molar-refractivity contribution >= 4 is 0 Å². The lowest BCUT2D eigenvalue weighted by Gasteiger charge is -2.24. The Bertz CT molecular complexity index is 427. The molecule has 1 aromatic carbocycles. The second-order valence-corrected chi connectivity index (χ2v) is 5.98. The minimum atomic E-state index is 0.262. The van der Waals surface area contributed by atoms with E-state index in [4.69, 9.17) is 9.47 Å². The Labute approximate surface area is 129 Å². The van der Waals surface area contributed by atoms with Crippen molar-refractivity contribution in [2.75, 3.05) is 26.4 Å². The standard InChI is InChI=1S/C18H29NO2/c1-4-19-18(16-9-8-14(2)15(3)11-16)13-20-12-17-7-5-6-10-21-17/h8-9,11,17-19H,4-7,10,12-13H2,1-3H3. The van der Waals surface area contributed by atoms with E-state index in [0.29, 0.717) is 19.3 Å². The predicted molar refractivity (Wildman–Crippen MR) is 86.7 cm³/mol. The minimum absolute atomic E-state index is 0.262. The third-order valence-corrected chi connectivity index (χ3v) is 4.25. The molecule has 21 heavy (non-hydrogen) atoms. The number of hydrogen-bond donors (Lipinski definition) is 1. The SMILES string of the molecule is CCNC(COCC1CCCCO1)c1ccc(C)c(C)c1. The third-order valence-electron chi connectivity index (χ3n) is 4.25. The summed E-state index contributed by atoms with van der Waals surface area (Å²) in [6, 6.07) is 6.93. The van der Waals surface area contributed by atoms with Gasteiger partial charge in [0, 0.05) is 6.61 Å². The fourth-order valence-electron chi connectivity index (χ4n) is 2.76. The first kappa shape index (κ1) is 16.5. The van der Waals surface area contributed by atoms with Crippen molar-refractivity contribution < 1.29 is 9.47 Å². The maximum Gasteiger partial charge on any atom is 0.0808 e. The highest BCUT2D eigenvalue weighted by molar-refractivity contribution is 5.31. The number of likely N-dealkylation sites (N-methyl/N-ethyl adjacent to an activating group) is 1. The zero-order valence-corrected chi connectivity index (χ0v) is 13.7. The van der Waals surface area contributed by atoms with E-state index >= 15 is 0 Å². The molecule has 2 atom stereocenters. The van der Waals surface area contributed by atoms with Crippen molar-refractivity contribution in [3.8, 4) is 0 Å². The fourth-order valence-corrected chi connectivity index (χ4v) is 2.76. The highest BCUT2D eigenvalue weighted by Crippen LogP contribution is 2.19. The molecule has 2 rings (SSSR count). The van der Waals surface area contributed by atoms with E-state index in [1.54, 1.807) is 0 Å². The van der Waals surface area contributed by atoms with Crippen molar-refractivity contribution in [2.24, 2.45) is 0 Å². The summed E-state index contributed by atoms with van der Waals surface area (Å²) in [5, 5.41) is 3.52. The number of rotatable bonds is 7. The molecule has 3 nitrogen and oxygen atoms in total. The van der Waals surface area contributed by atoms with Crippen LogP contribution in [0.1, 0.15) is 48.9 Å². The number of aryl methyl sites for hydroxylation is 2. The quantitative estimate of drug-likeness (QED) is 0.833. The van der Waals surface area contributed by atoms with Gasteiger partial charge in [0.1, 0.15) is 0 Å². The number of ether oxygens (including phenoxy) is 2. The molecule has 0 aliphatic carbocycles. The topological polar surface area (TPSA) is 30.5 Å². The zero-order valence-electron chi connectivity index (χ0n) is 13.7. The van der Waals surface area contributed by atoms with Crippen LogP contribution in [0, 0.1) is 13.8 Å². The number of nitrogens with one attached hydrogen (secondary N) is 1. The largest absolute Gasteiger partial charge is 0.377 e. The van der Waals surface area contributed by atoms with Crippen LogP contribution in [0.3, 0.4) is 0 Å². The molecule has 1 aromatic rings. The summed E-state index contributed by atoms with van der Waals surface area (Å²) in [5.41, 5.74) is 3.99. The molecule has 2 unspecified atom stereocenters. The predicted octanol–water partition coefficient (Wildman–Crippen LogP) is 3.54. The summed E-state index contributed by atoms with van der Waals surface area (Å²) in [6.45, 7) is 9.71.